The molecule has 1 heterocycles. The highest BCUT2D eigenvalue weighted by atomic mass is 19.2. The Kier molecular flexibility index (Phi) is 9.77. The van der Waals surface area contributed by atoms with Gasteiger partial charge in [-0.2, -0.15) is 0 Å². The first-order chi connectivity index (χ1) is 16.5. The van der Waals surface area contributed by atoms with Crippen LogP contribution in [-0.4, -0.2) is 22.8 Å². The molecule has 180 valence electrons. The van der Waals surface area contributed by atoms with Gasteiger partial charge in [-0.25, -0.2) is 13.8 Å². The van der Waals surface area contributed by atoms with E-state index in [1.165, 1.54) is 18.9 Å². The van der Waals surface area contributed by atoms with Crippen LogP contribution in [-0.2, 0) is 4.74 Å². The van der Waals surface area contributed by atoms with Gasteiger partial charge in [-0.3, -0.25) is 0 Å². The molecule has 0 saturated carbocycles. The number of halogens is 2. The number of allylic oxidation sites excluding steroid dienone is 1. The summed E-state index contributed by atoms with van der Waals surface area (Å²) in [7, 11) is 0. The Hall–Kier alpha value is -3.05. The molecule has 1 aromatic heterocycles. The fraction of sp³-hybridized carbons (Fsp3) is 0.345. The van der Waals surface area contributed by atoms with Crippen molar-refractivity contribution in [3.63, 3.8) is 0 Å². The van der Waals surface area contributed by atoms with Crippen LogP contribution in [0.3, 0.4) is 0 Å². The summed E-state index contributed by atoms with van der Waals surface area (Å²) in [4.78, 5) is 3.87. The van der Waals surface area contributed by atoms with Gasteiger partial charge in [0.2, 0.25) is 5.88 Å². The van der Waals surface area contributed by atoms with E-state index in [0.29, 0.717) is 5.56 Å². The monoisotopic (exact) mass is 465 g/mol. The molecule has 1 atom stereocenters. The van der Waals surface area contributed by atoms with Crippen LogP contribution in [0, 0.1) is 11.6 Å². The topological polar surface area (TPSA) is 42.4 Å². The average molecular weight is 466 g/mol. The van der Waals surface area contributed by atoms with Crippen molar-refractivity contribution in [2.24, 2.45) is 0 Å². The molecule has 0 bridgehead atoms. The summed E-state index contributed by atoms with van der Waals surface area (Å²) < 4.78 is 35.3. The number of unbranched alkanes of at least 4 members (excludes halogenated alkanes) is 3. The summed E-state index contributed by atoms with van der Waals surface area (Å²) in [5, 5.41) is 9.32. The van der Waals surface area contributed by atoms with E-state index in [1.54, 1.807) is 42.6 Å². The number of ether oxygens (including phenoxy) is 1. The van der Waals surface area contributed by atoms with Crippen molar-refractivity contribution in [3.8, 4) is 28.1 Å². The van der Waals surface area contributed by atoms with E-state index in [4.69, 9.17) is 4.74 Å². The summed E-state index contributed by atoms with van der Waals surface area (Å²) in [6.07, 6.45) is 11.5. The van der Waals surface area contributed by atoms with Gasteiger partial charge >= 0.3 is 0 Å². The van der Waals surface area contributed by atoms with Crippen molar-refractivity contribution in [1.82, 2.24) is 4.98 Å². The highest BCUT2D eigenvalue weighted by molar-refractivity contribution is 5.71. The number of aromatic hydroxyl groups is 1. The fourth-order valence-electron chi connectivity index (χ4n) is 3.77. The first-order valence-corrected chi connectivity index (χ1v) is 12.0. The molecule has 0 saturated heterocycles. The van der Waals surface area contributed by atoms with Crippen molar-refractivity contribution in [1.29, 1.82) is 0 Å². The predicted octanol–water partition coefficient (Wildman–Crippen LogP) is 8.18. The molecule has 0 spiro atoms. The van der Waals surface area contributed by atoms with Crippen molar-refractivity contribution < 1.29 is 18.6 Å². The van der Waals surface area contributed by atoms with Crippen LogP contribution in [0.1, 0.15) is 57.9 Å². The van der Waals surface area contributed by atoms with Crippen LogP contribution in [0.2, 0.25) is 0 Å². The van der Waals surface area contributed by atoms with E-state index < -0.39 is 11.6 Å². The molecule has 0 aliphatic heterocycles. The summed E-state index contributed by atoms with van der Waals surface area (Å²) in [6.45, 7) is 5.06. The van der Waals surface area contributed by atoms with E-state index in [0.717, 1.165) is 43.4 Å². The molecule has 3 rings (SSSR count). The van der Waals surface area contributed by atoms with E-state index in [1.807, 2.05) is 18.2 Å². The average Bonchev–Trinajstić information content (AvgIpc) is 2.85. The lowest BCUT2D eigenvalue weighted by Crippen LogP contribution is -2.08. The van der Waals surface area contributed by atoms with Crippen molar-refractivity contribution >= 4 is 6.08 Å². The zero-order valence-electron chi connectivity index (χ0n) is 19.9. The van der Waals surface area contributed by atoms with E-state index in [-0.39, 0.29) is 23.1 Å². The van der Waals surface area contributed by atoms with E-state index >= 15 is 0 Å². The maximum Gasteiger partial charge on any atom is 0.210 e. The Balaban J connectivity index is 1.56. The lowest BCUT2D eigenvalue weighted by molar-refractivity contribution is 0.0566. The van der Waals surface area contributed by atoms with Gasteiger partial charge in [0.15, 0.2) is 11.6 Å². The smallest absolute Gasteiger partial charge is 0.210 e. The number of rotatable bonds is 12. The van der Waals surface area contributed by atoms with Crippen LogP contribution < -0.4 is 0 Å². The van der Waals surface area contributed by atoms with Gasteiger partial charge in [0.1, 0.15) is 0 Å². The Morgan fingerprint density at radius 3 is 2.35 bits per heavy atom. The molecule has 34 heavy (non-hydrogen) atoms. The Bertz CT molecular complexity index is 1060. The molecular weight excluding hydrogens is 432 g/mol. The first-order valence-electron chi connectivity index (χ1n) is 12.0. The van der Waals surface area contributed by atoms with Crippen LogP contribution in [0.5, 0.6) is 5.88 Å². The van der Waals surface area contributed by atoms with Gasteiger partial charge in [-0.05, 0) is 49.8 Å². The van der Waals surface area contributed by atoms with Crippen molar-refractivity contribution in [2.75, 3.05) is 6.61 Å². The molecule has 1 N–H and O–H groups in total. The second-order valence-corrected chi connectivity index (χ2v) is 8.53. The molecule has 1 unspecified atom stereocenters. The van der Waals surface area contributed by atoms with Crippen LogP contribution >= 0.6 is 0 Å². The first kappa shape index (κ1) is 25.6. The quantitative estimate of drug-likeness (QED) is 0.274. The second-order valence-electron chi connectivity index (χ2n) is 8.53. The zero-order chi connectivity index (χ0) is 24.3. The van der Waals surface area contributed by atoms with Gasteiger partial charge in [-0.15, -0.1) is 0 Å². The van der Waals surface area contributed by atoms with Gasteiger partial charge in [0.25, 0.3) is 0 Å². The largest absolute Gasteiger partial charge is 0.493 e. The Morgan fingerprint density at radius 1 is 0.912 bits per heavy atom. The lowest BCUT2D eigenvalue weighted by Gasteiger charge is -2.12. The third-order valence-corrected chi connectivity index (χ3v) is 5.82. The van der Waals surface area contributed by atoms with Gasteiger partial charge in [-0.1, -0.05) is 68.3 Å². The predicted molar refractivity (Wildman–Crippen MR) is 135 cm³/mol. The van der Waals surface area contributed by atoms with Crippen molar-refractivity contribution in [2.45, 2.75) is 58.5 Å². The molecule has 0 amide bonds. The number of pyridine rings is 1. The number of aromatic nitrogens is 1. The summed E-state index contributed by atoms with van der Waals surface area (Å²) in [5.41, 5.74) is 2.76. The minimum Gasteiger partial charge on any atom is -0.493 e. The summed E-state index contributed by atoms with van der Waals surface area (Å²) in [5.74, 6) is -1.74. The molecule has 2 aromatic carbocycles. The van der Waals surface area contributed by atoms with Gasteiger partial charge < -0.3 is 9.84 Å². The summed E-state index contributed by atoms with van der Waals surface area (Å²) >= 11 is 0. The molecule has 5 heteroatoms. The van der Waals surface area contributed by atoms with Crippen molar-refractivity contribution in [3.05, 3.63) is 78.0 Å². The SMILES string of the molecule is CCCCCOC(C)CCC/C=C/c1ccc(-c2ccc(-c3ccc(O)nc3)cc2)c(F)c1F. The summed E-state index contributed by atoms with van der Waals surface area (Å²) in [6, 6.07) is 13.6. The number of nitrogens with zero attached hydrogens (tertiary/aromatic N) is 1. The third-order valence-electron chi connectivity index (χ3n) is 5.82. The number of hydrogen-bond donors (Lipinski definition) is 1. The number of benzene rings is 2. The van der Waals surface area contributed by atoms with Gasteiger partial charge in [0, 0.05) is 35.6 Å². The standard InChI is InChI=1S/C29H33F2NO2/c1-3-4-8-19-34-21(2)9-6-5-7-10-24-15-17-26(29(31)28(24)30)23-13-11-22(12-14-23)25-16-18-27(33)32-20-25/h7,10-18,20-21H,3-6,8-9,19H2,1-2H3,(H,32,33)/b10-7+. The lowest BCUT2D eigenvalue weighted by atomic mass is 9.99. The normalized spacial score (nSPS) is 12.4. The third kappa shape index (κ3) is 7.22. The molecular formula is C29H33F2NO2. The molecule has 0 fully saturated rings. The highest BCUT2D eigenvalue weighted by Crippen LogP contribution is 2.29. The highest BCUT2D eigenvalue weighted by Gasteiger charge is 2.13. The molecule has 3 nitrogen and oxygen atoms in total. The minimum atomic E-state index is -0.852. The second kappa shape index (κ2) is 13.0. The van der Waals surface area contributed by atoms with Gasteiger partial charge in [0.05, 0.1) is 6.10 Å². The molecule has 0 radical (unpaired) electrons. The van der Waals surface area contributed by atoms with Crippen LogP contribution in [0.25, 0.3) is 28.3 Å². The molecule has 0 aliphatic carbocycles. The minimum absolute atomic E-state index is 0.0477. The Morgan fingerprint density at radius 2 is 1.65 bits per heavy atom. The molecule has 0 aliphatic rings. The molecule has 3 aromatic rings. The van der Waals surface area contributed by atoms with Crippen LogP contribution in [0.15, 0.2) is 60.8 Å². The van der Waals surface area contributed by atoms with E-state index in [2.05, 4.69) is 18.8 Å². The van der Waals surface area contributed by atoms with Crippen LogP contribution in [0.4, 0.5) is 8.78 Å². The number of hydrogen-bond acceptors (Lipinski definition) is 3. The maximum atomic E-state index is 14.8. The van der Waals surface area contributed by atoms with E-state index in [9.17, 15) is 13.9 Å². The fourth-order valence-corrected chi connectivity index (χ4v) is 3.77. The zero-order valence-corrected chi connectivity index (χ0v) is 19.9. The maximum absolute atomic E-state index is 14.8. The Labute approximate surface area is 201 Å².